The molecule has 0 saturated heterocycles. The molecule has 5 nitrogen and oxygen atoms in total. The van der Waals surface area contributed by atoms with E-state index in [1.54, 1.807) is 0 Å². The largest absolute Gasteiger partial charge is 0.324 e. The molecule has 0 heterocycles. The van der Waals surface area contributed by atoms with Gasteiger partial charge < -0.3 is 10.6 Å². The summed E-state index contributed by atoms with van der Waals surface area (Å²) in [7, 11) is 0. The molecule has 0 radical (unpaired) electrons. The van der Waals surface area contributed by atoms with Crippen LogP contribution in [0.15, 0.2) is 60.7 Å². The highest BCUT2D eigenvalue weighted by atomic mass is 16.2. The minimum absolute atomic E-state index is 0.113. The second kappa shape index (κ2) is 10.9. The first-order valence-corrected chi connectivity index (χ1v) is 11.2. The van der Waals surface area contributed by atoms with E-state index in [1.165, 1.54) is 0 Å². The van der Waals surface area contributed by atoms with Crippen LogP contribution in [0.4, 0.5) is 11.4 Å². The number of amides is 2. The summed E-state index contributed by atoms with van der Waals surface area (Å²) in [5, 5.41) is 6.08. The summed E-state index contributed by atoms with van der Waals surface area (Å²) in [4.78, 5) is 27.8. The lowest BCUT2D eigenvalue weighted by atomic mass is 10.1. The van der Waals surface area contributed by atoms with E-state index in [9.17, 15) is 9.59 Å². The summed E-state index contributed by atoms with van der Waals surface area (Å²) in [5.41, 5.74) is 7.95. The Hall–Kier alpha value is -3.44. The van der Waals surface area contributed by atoms with Gasteiger partial charge in [0.2, 0.25) is 11.8 Å². The van der Waals surface area contributed by atoms with Gasteiger partial charge >= 0.3 is 0 Å². The number of benzene rings is 3. The van der Waals surface area contributed by atoms with Crippen LogP contribution in [0.1, 0.15) is 33.4 Å². The number of carbonyl (C=O) groups is 2. The van der Waals surface area contributed by atoms with Crippen LogP contribution in [0.5, 0.6) is 0 Å². The summed E-state index contributed by atoms with van der Waals surface area (Å²) in [6.07, 6.45) is 0. The van der Waals surface area contributed by atoms with Crippen molar-refractivity contribution >= 4 is 23.2 Å². The zero-order valence-electron chi connectivity index (χ0n) is 20.2. The molecule has 0 aliphatic heterocycles. The van der Waals surface area contributed by atoms with Gasteiger partial charge in [-0.15, -0.1) is 0 Å². The Morgan fingerprint density at radius 2 is 1.00 bits per heavy atom. The van der Waals surface area contributed by atoms with Crippen molar-refractivity contribution in [2.24, 2.45) is 0 Å². The molecule has 172 valence electrons. The third kappa shape index (κ3) is 6.53. The fraction of sp³-hybridized carbons (Fsp3) is 0.286. The third-order valence-electron chi connectivity index (χ3n) is 5.88. The third-order valence-corrected chi connectivity index (χ3v) is 5.88. The summed E-state index contributed by atoms with van der Waals surface area (Å²) < 4.78 is 0. The first-order chi connectivity index (χ1) is 15.7. The van der Waals surface area contributed by atoms with Crippen molar-refractivity contribution in [1.29, 1.82) is 0 Å². The lowest BCUT2D eigenvalue weighted by Crippen LogP contribution is -2.38. The number of anilines is 2. The molecule has 0 aliphatic rings. The van der Waals surface area contributed by atoms with E-state index in [-0.39, 0.29) is 24.9 Å². The van der Waals surface area contributed by atoms with Crippen LogP contribution in [-0.2, 0) is 16.1 Å². The molecule has 0 unspecified atom stereocenters. The lowest BCUT2D eigenvalue weighted by Gasteiger charge is -2.23. The number of nitrogens with one attached hydrogen (secondary N) is 2. The van der Waals surface area contributed by atoms with E-state index in [2.05, 4.69) is 10.6 Å². The van der Waals surface area contributed by atoms with Crippen molar-refractivity contribution in [1.82, 2.24) is 4.90 Å². The molecule has 2 amide bonds. The fourth-order valence-corrected chi connectivity index (χ4v) is 3.98. The van der Waals surface area contributed by atoms with E-state index >= 15 is 0 Å². The maximum absolute atomic E-state index is 13.0. The number of para-hydroxylation sites is 2. The standard InChI is InChI=1S/C28H33N3O2/c1-19-10-6-7-15-24(19)16-31(17-25(32)29-27-20(2)11-8-12-21(27)3)18-26(33)30-28-22(4)13-9-14-23(28)5/h6-15H,16-18H2,1-5H3,(H,29,32)(H,30,33). The first kappa shape index (κ1) is 24.2. The predicted octanol–water partition coefficient (Wildman–Crippen LogP) is 5.31. The molecule has 5 heteroatoms. The first-order valence-electron chi connectivity index (χ1n) is 11.2. The van der Waals surface area contributed by atoms with Crippen LogP contribution in [0.2, 0.25) is 0 Å². The molecular weight excluding hydrogens is 410 g/mol. The van der Waals surface area contributed by atoms with Gasteiger partial charge in [-0.1, -0.05) is 60.7 Å². The molecule has 0 saturated carbocycles. The molecule has 0 aromatic heterocycles. The van der Waals surface area contributed by atoms with Gasteiger partial charge in [0.25, 0.3) is 0 Å². The van der Waals surface area contributed by atoms with Crippen molar-refractivity contribution in [2.45, 2.75) is 41.2 Å². The molecule has 0 spiro atoms. The Morgan fingerprint density at radius 3 is 1.42 bits per heavy atom. The minimum atomic E-state index is -0.138. The molecule has 0 fully saturated rings. The maximum atomic E-state index is 13.0. The van der Waals surface area contributed by atoms with Crippen LogP contribution in [-0.4, -0.2) is 29.8 Å². The molecule has 0 bridgehead atoms. The Balaban J connectivity index is 1.76. The van der Waals surface area contributed by atoms with Crippen molar-refractivity contribution in [3.8, 4) is 0 Å². The normalized spacial score (nSPS) is 10.8. The van der Waals surface area contributed by atoms with Gasteiger partial charge in [-0.25, -0.2) is 0 Å². The molecule has 33 heavy (non-hydrogen) atoms. The lowest BCUT2D eigenvalue weighted by molar-refractivity contribution is -0.120. The highest BCUT2D eigenvalue weighted by Gasteiger charge is 2.18. The van der Waals surface area contributed by atoms with Crippen LogP contribution in [0, 0.1) is 34.6 Å². The van der Waals surface area contributed by atoms with Gasteiger partial charge in [-0.2, -0.15) is 0 Å². The average Bonchev–Trinajstić information content (AvgIpc) is 2.75. The highest BCUT2D eigenvalue weighted by Crippen LogP contribution is 2.21. The molecule has 3 aromatic carbocycles. The number of nitrogens with zero attached hydrogens (tertiary/aromatic N) is 1. The maximum Gasteiger partial charge on any atom is 0.238 e. The monoisotopic (exact) mass is 443 g/mol. The Bertz CT molecular complexity index is 1050. The number of rotatable bonds is 8. The van der Waals surface area contributed by atoms with Crippen LogP contribution < -0.4 is 10.6 Å². The van der Waals surface area contributed by atoms with E-state index in [4.69, 9.17) is 0 Å². The van der Waals surface area contributed by atoms with Gasteiger partial charge in [0.05, 0.1) is 13.1 Å². The number of carbonyl (C=O) groups excluding carboxylic acids is 2. The number of aryl methyl sites for hydroxylation is 5. The van der Waals surface area contributed by atoms with Crippen molar-refractivity contribution in [2.75, 3.05) is 23.7 Å². The molecule has 0 atom stereocenters. The van der Waals surface area contributed by atoms with Crippen molar-refractivity contribution in [3.05, 3.63) is 94.0 Å². The Labute approximate surface area is 196 Å². The zero-order valence-corrected chi connectivity index (χ0v) is 20.2. The predicted molar refractivity (Wildman–Crippen MR) is 136 cm³/mol. The average molecular weight is 444 g/mol. The molecule has 3 rings (SSSR count). The molecular formula is C28H33N3O2. The second-order valence-corrected chi connectivity index (χ2v) is 8.70. The molecule has 2 N–H and O–H groups in total. The van der Waals surface area contributed by atoms with Gasteiger partial charge in [0, 0.05) is 17.9 Å². The molecule has 0 aliphatic carbocycles. The zero-order chi connectivity index (χ0) is 24.0. The summed E-state index contributed by atoms with van der Waals surface area (Å²) in [5.74, 6) is -0.276. The van der Waals surface area contributed by atoms with Crippen LogP contribution >= 0.6 is 0 Å². The SMILES string of the molecule is Cc1ccccc1CN(CC(=O)Nc1c(C)cccc1C)CC(=O)Nc1c(C)cccc1C. The molecule has 3 aromatic rings. The summed E-state index contributed by atoms with van der Waals surface area (Å²) >= 11 is 0. The van der Waals surface area contributed by atoms with Gasteiger partial charge in [-0.3, -0.25) is 14.5 Å². The van der Waals surface area contributed by atoms with Gasteiger partial charge in [-0.05, 0) is 68.0 Å². The summed E-state index contributed by atoms with van der Waals surface area (Å²) in [6, 6.07) is 19.9. The quantitative estimate of drug-likeness (QED) is 0.496. The fourth-order valence-electron chi connectivity index (χ4n) is 3.98. The van der Waals surface area contributed by atoms with Crippen molar-refractivity contribution in [3.63, 3.8) is 0 Å². The topological polar surface area (TPSA) is 61.4 Å². The smallest absolute Gasteiger partial charge is 0.238 e. The number of hydrogen-bond donors (Lipinski definition) is 2. The Kier molecular flexibility index (Phi) is 8.01. The van der Waals surface area contributed by atoms with Gasteiger partial charge in [0.1, 0.15) is 0 Å². The Morgan fingerprint density at radius 1 is 0.606 bits per heavy atom. The number of hydrogen-bond acceptors (Lipinski definition) is 3. The second-order valence-electron chi connectivity index (χ2n) is 8.70. The highest BCUT2D eigenvalue weighted by molar-refractivity contribution is 5.96. The van der Waals surface area contributed by atoms with Gasteiger partial charge in [0.15, 0.2) is 0 Å². The van der Waals surface area contributed by atoms with Crippen LogP contribution in [0.3, 0.4) is 0 Å². The van der Waals surface area contributed by atoms with Crippen molar-refractivity contribution < 1.29 is 9.59 Å². The van der Waals surface area contributed by atoms with E-state index < -0.39 is 0 Å². The van der Waals surface area contributed by atoms with E-state index in [0.717, 1.165) is 44.8 Å². The minimum Gasteiger partial charge on any atom is -0.324 e. The van der Waals surface area contributed by atoms with Crippen LogP contribution in [0.25, 0.3) is 0 Å². The summed E-state index contributed by atoms with van der Waals surface area (Å²) in [6.45, 7) is 10.7. The van der Waals surface area contributed by atoms with E-state index in [0.29, 0.717) is 6.54 Å². The van der Waals surface area contributed by atoms with E-state index in [1.807, 2.05) is 100 Å².